The number of hydrogen-bond donors (Lipinski definition) is 2. The summed E-state index contributed by atoms with van der Waals surface area (Å²) in [5.41, 5.74) is 7.35. The molecule has 0 saturated heterocycles. The van der Waals surface area contributed by atoms with Crippen molar-refractivity contribution in [3.05, 3.63) is 35.4 Å². The van der Waals surface area contributed by atoms with Gasteiger partial charge in [-0.1, -0.05) is 76.1 Å². The number of halogens is 1. The molecule has 0 heterocycles. The first-order valence-corrected chi connectivity index (χ1v) is 10.0. The van der Waals surface area contributed by atoms with E-state index in [1.807, 2.05) is 0 Å². The van der Waals surface area contributed by atoms with E-state index in [-0.39, 0.29) is 24.0 Å². The summed E-state index contributed by atoms with van der Waals surface area (Å²) in [6, 6.07) is 8.43. The standard InChI is InChI=1S/C22H34N2O.ClH/c1-2-3-4-5-6-7-8-9-10-18-11-13-19(14-12-18)17-20(25)22(15-16-22)21(23)24;/h11-14H,2-10,15-17H2,1H3,(H3,23,24);1H. The van der Waals surface area contributed by atoms with Crippen LogP contribution in [-0.4, -0.2) is 11.6 Å². The SMILES string of the molecule is CCCCCCCCCCc1ccc(CC(=O)C2(C(=N)N)CC2)cc1.Cl. The molecule has 0 aromatic heterocycles. The molecule has 1 aromatic rings. The molecule has 4 heteroatoms. The Morgan fingerprint density at radius 1 is 0.962 bits per heavy atom. The van der Waals surface area contributed by atoms with Crippen LogP contribution in [0.15, 0.2) is 24.3 Å². The van der Waals surface area contributed by atoms with Gasteiger partial charge in [0.05, 0.1) is 5.41 Å². The molecular formula is C22H35ClN2O. The minimum Gasteiger partial charge on any atom is -0.387 e. The van der Waals surface area contributed by atoms with E-state index >= 15 is 0 Å². The normalized spacial score (nSPS) is 14.5. The number of nitrogens with one attached hydrogen (secondary N) is 1. The average molecular weight is 379 g/mol. The Hall–Kier alpha value is -1.35. The first kappa shape index (κ1) is 22.7. The summed E-state index contributed by atoms with van der Waals surface area (Å²) < 4.78 is 0. The van der Waals surface area contributed by atoms with Crippen molar-refractivity contribution in [3.8, 4) is 0 Å². The van der Waals surface area contributed by atoms with E-state index < -0.39 is 5.41 Å². The Morgan fingerprint density at radius 3 is 1.96 bits per heavy atom. The van der Waals surface area contributed by atoms with Gasteiger partial charge in [-0.3, -0.25) is 10.2 Å². The molecule has 2 rings (SSSR count). The van der Waals surface area contributed by atoms with Crippen molar-refractivity contribution >= 4 is 24.0 Å². The summed E-state index contributed by atoms with van der Waals surface area (Å²) in [5, 5.41) is 7.60. The molecule has 0 unspecified atom stereocenters. The average Bonchev–Trinajstić information content (AvgIpc) is 3.41. The second-order valence-corrected chi connectivity index (χ2v) is 7.64. The van der Waals surface area contributed by atoms with Crippen LogP contribution in [0.3, 0.4) is 0 Å². The summed E-state index contributed by atoms with van der Waals surface area (Å²) >= 11 is 0. The van der Waals surface area contributed by atoms with Crippen LogP contribution < -0.4 is 5.73 Å². The van der Waals surface area contributed by atoms with E-state index in [0.29, 0.717) is 6.42 Å². The Bertz CT molecular complexity index is 564. The van der Waals surface area contributed by atoms with E-state index in [1.54, 1.807) is 0 Å². The molecule has 3 N–H and O–H groups in total. The smallest absolute Gasteiger partial charge is 0.150 e. The fraction of sp³-hybridized carbons (Fsp3) is 0.636. The van der Waals surface area contributed by atoms with E-state index in [0.717, 1.165) is 24.8 Å². The fourth-order valence-corrected chi connectivity index (χ4v) is 3.46. The highest BCUT2D eigenvalue weighted by Crippen LogP contribution is 2.47. The van der Waals surface area contributed by atoms with Gasteiger partial charge >= 0.3 is 0 Å². The third-order valence-corrected chi connectivity index (χ3v) is 5.51. The minimum atomic E-state index is -0.629. The Morgan fingerprint density at radius 2 is 1.46 bits per heavy atom. The van der Waals surface area contributed by atoms with E-state index in [2.05, 4.69) is 31.2 Å². The number of benzene rings is 1. The summed E-state index contributed by atoms with van der Waals surface area (Å²) in [5.74, 6) is 0.152. The number of amidine groups is 1. The molecule has 0 amide bonds. The minimum absolute atomic E-state index is 0. The number of carbonyl (C=O) groups excluding carboxylic acids is 1. The zero-order chi connectivity index (χ0) is 18.1. The quantitative estimate of drug-likeness (QED) is 0.266. The summed E-state index contributed by atoms with van der Waals surface area (Å²) in [4.78, 5) is 12.3. The molecule has 0 atom stereocenters. The van der Waals surface area contributed by atoms with Gasteiger partial charge in [-0.15, -0.1) is 12.4 Å². The molecular weight excluding hydrogens is 344 g/mol. The molecule has 1 fully saturated rings. The van der Waals surface area contributed by atoms with Gasteiger partial charge in [0.25, 0.3) is 0 Å². The number of ketones is 1. The predicted octanol–water partition coefficient (Wildman–Crippen LogP) is 5.62. The van der Waals surface area contributed by atoms with Crippen LogP contribution in [0.5, 0.6) is 0 Å². The molecule has 1 aromatic carbocycles. The molecule has 0 bridgehead atoms. The lowest BCUT2D eigenvalue weighted by Crippen LogP contribution is -2.32. The van der Waals surface area contributed by atoms with Crippen LogP contribution in [0.25, 0.3) is 0 Å². The Kier molecular flexibility index (Phi) is 9.93. The molecule has 146 valence electrons. The number of nitrogens with two attached hydrogens (primary N) is 1. The van der Waals surface area contributed by atoms with Gasteiger partial charge < -0.3 is 5.73 Å². The lowest BCUT2D eigenvalue weighted by molar-refractivity contribution is -0.121. The van der Waals surface area contributed by atoms with Crippen LogP contribution in [0.4, 0.5) is 0 Å². The third kappa shape index (κ3) is 6.75. The van der Waals surface area contributed by atoms with Crippen molar-refractivity contribution in [1.82, 2.24) is 0 Å². The van der Waals surface area contributed by atoms with Gasteiger partial charge in [0.1, 0.15) is 5.84 Å². The fourth-order valence-electron chi connectivity index (χ4n) is 3.46. The van der Waals surface area contributed by atoms with E-state index in [9.17, 15) is 4.79 Å². The lowest BCUT2D eigenvalue weighted by atomic mass is 9.93. The summed E-state index contributed by atoms with van der Waals surface area (Å²) in [6.07, 6.45) is 13.8. The number of unbranched alkanes of at least 4 members (excludes halogenated alkanes) is 7. The molecule has 3 nitrogen and oxygen atoms in total. The maximum absolute atomic E-state index is 12.3. The van der Waals surface area contributed by atoms with Gasteiger partial charge in [-0.05, 0) is 36.8 Å². The van der Waals surface area contributed by atoms with Crippen molar-refractivity contribution in [3.63, 3.8) is 0 Å². The molecule has 1 aliphatic rings. The Labute approximate surface area is 165 Å². The number of aryl methyl sites for hydroxylation is 1. The van der Waals surface area contributed by atoms with Crippen molar-refractivity contribution in [2.75, 3.05) is 0 Å². The van der Waals surface area contributed by atoms with Crippen molar-refractivity contribution < 1.29 is 4.79 Å². The second-order valence-electron chi connectivity index (χ2n) is 7.64. The van der Waals surface area contributed by atoms with Gasteiger partial charge in [0.15, 0.2) is 5.78 Å². The summed E-state index contributed by atoms with van der Waals surface area (Å²) in [6.45, 7) is 2.26. The van der Waals surface area contributed by atoms with Crippen LogP contribution in [0.1, 0.15) is 82.3 Å². The van der Waals surface area contributed by atoms with Crippen LogP contribution >= 0.6 is 12.4 Å². The number of Topliss-reactive ketones (excluding diaryl/α,β-unsaturated/α-hetero) is 1. The van der Waals surface area contributed by atoms with Gasteiger partial charge in [-0.25, -0.2) is 0 Å². The van der Waals surface area contributed by atoms with Gasteiger partial charge in [0, 0.05) is 6.42 Å². The molecule has 0 radical (unpaired) electrons. The van der Waals surface area contributed by atoms with Crippen molar-refractivity contribution in [1.29, 1.82) is 5.41 Å². The predicted molar refractivity (Wildman–Crippen MR) is 112 cm³/mol. The number of carbonyl (C=O) groups is 1. The Balaban J connectivity index is 0.00000338. The maximum atomic E-state index is 12.3. The molecule has 0 spiro atoms. The molecule has 1 aliphatic carbocycles. The zero-order valence-electron chi connectivity index (χ0n) is 16.2. The van der Waals surface area contributed by atoms with Gasteiger partial charge in [0.2, 0.25) is 0 Å². The van der Waals surface area contributed by atoms with Crippen molar-refractivity contribution in [2.24, 2.45) is 11.1 Å². The first-order valence-electron chi connectivity index (χ1n) is 10.0. The van der Waals surface area contributed by atoms with Crippen LogP contribution in [0.2, 0.25) is 0 Å². The third-order valence-electron chi connectivity index (χ3n) is 5.51. The highest BCUT2D eigenvalue weighted by Gasteiger charge is 2.52. The first-order chi connectivity index (χ1) is 12.1. The monoisotopic (exact) mass is 378 g/mol. The van der Waals surface area contributed by atoms with Crippen LogP contribution in [-0.2, 0) is 17.6 Å². The van der Waals surface area contributed by atoms with Crippen LogP contribution in [0, 0.1) is 10.8 Å². The molecule has 26 heavy (non-hydrogen) atoms. The molecule has 0 aliphatic heterocycles. The largest absolute Gasteiger partial charge is 0.387 e. The van der Waals surface area contributed by atoms with E-state index in [1.165, 1.54) is 56.9 Å². The van der Waals surface area contributed by atoms with E-state index in [4.69, 9.17) is 11.1 Å². The highest BCUT2D eigenvalue weighted by molar-refractivity contribution is 6.09. The van der Waals surface area contributed by atoms with Gasteiger partial charge in [-0.2, -0.15) is 0 Å². The lowest BCUT2D eigenvalue weighted by Gasteiger charge is -2.12. The highest BCUT2D eigenvalue weighted by atomic mass is 35.5. The summed E-state index contributed by atoms with van der Waals surface area (Å²) in [7, 11) is 0. The maximum Gasteiger partial charge on any atom is 0.150 e. The number of hydrogen-bond acceptors (Lipinski definition) is 2. The number of rotatable bonds is 13. The topological polar surface area (TPSA) is 66.9 Å². The zero-order valence-corrected chi connectivity index (χ0v) is 17.0. The van der Waals surface area contributed by atoms with Crippen molar-refractivity contribution in [2.45, 2.75) is 84.0 Å². The second kappa shape index (κ2) is 11.4. The molecule has 1 saturated carbocycles.